The van der Waals surface area contributed by atoms with Gasteiger partial charge in [-0.1, -0.05) is 25.1 Å². The molecule has 100 valence electrons. The monoisotopic (exact) mass is 256 g/mol. The van der Waals surface area contributed by atoms with Gasteiger partial charge in [0.25, 0.3) is 0 Å². The van der Waals surface area contributed by atoms with Crippen molar-refractivity contribution in [2.75, 3.05) is 17.2 Å². The Kier molecular flexibility index (Phi) is 4.29. The smallest absolute Gasteiger partial charge is 0.115 e. The fourth-order valence-corrected chi connectivity index (χ4v) is 2.17. The first-order chi connectivity index (χ1) is 9.19. The van der Waals surface area contributed by atoms with Crippen molar-refractivity contribution in [3.05, 3.63) is 54.1 Å². The van der Waals surface area contributed by atoms with E-state index in [1.165, 1.54) is 0 Å². The molecule has 0 amide bonds. The molecule has 0 aromatic heterocycles. The van der Waals surface area contributed by atoms with E-state index in [0.29, 0.717) is 5.75 Å². The summed E-state index contributed by atoms with van der Waals surface area (Å²) in [5.74, 6) is 0.307. The number of nitrogens with two attached hydrogens (primary N) is 1. The molecule has 0 heterocycles. The molecule has 19 heavy (non-hydrogen) atoms. The maximum absolute atomic E-state index is 9.53. The fourth-order valence-electron chi connectivity index (χ4n) is 2.17. The van der Waals surface area contributed by atoms with E-state index in [4.69, 9.17) is 5.73 Å². The van der Waals surface area contributed by atoms with Crippen molar-refractivity contribution in [1.29, 1.82) is 0 Å². The number of nitrogen functional groups attached to an aromatic ring is 1. The molecule has 0 bridgehead atoms. The summed E-state index contributed by atoms with van der Waals surface area (Å²) in [7, 11) is 0. The first kappa shape index (κ1) is 13.3. The lowest BCUT2D eigenvalue weighted by molar-refractivity contribution is 0.474. The molecule has 0 radical (unpaired) electrons. The molecule has 3 nitrogen and oxygen atoms in total. The van der Waals surface area contributed by atoms with Gasteiger partial charge in [-0.2, -0.15) is 0 Å². The van der Waals surface area contributed by atoms with Gasteiger partial charge in [0.15, 0.2) is 0 Å². The minimum absolute atomic E-state index is 0.307. The Morgan fingerprint density at radius 2 is 1.89 bits per heavy atom. The highest BCUT2D eigenvalue weighted by molar-refractivity contribution is 5.56. The molecule has 3 heteroatoms. The molecular weight excluding hydrogens is 236 g/mol. The van der Waals surface area contributed by atoms with Crippen molar-refractivity contribution in [2.45, 2.75) is 19.9 Å². The Labute approximate surface area is 114 Å². The summed E-state index contributed by atoms with van der Waals surface area (Å²) >= 11 is 0. The van der Waals surface area contributed by atoms with Gasteiger partial charge in [-0.15, -0.1) is 0 Å². The predicted molar refractivity (Wildman–Crippen MR) is 80.3 cm³/mol. The Morgan fingerprint density at radius 1 is 1.11 bits per heavy atom. The highest BCUT2D eigenvalue weighted by atomic mass is 16.3. The predicted octanol–water partition coefficient (Wildman–Crippen LogP) is 3.39. The Hall–Kier alpha value is -2.16. The van der Waals surface area contributed by atoms with Crippen LogP contribution in [0.5, 0.6) is 5.75 Å². The van der Waals surface area contributed by atoms with Crippen LogP contribution in [0.25, 0.3) is 0 Å². The standard InChI is InChI=1S/C16H20N2O/c1-2-9-18(15-7-4-6-14(17)11-15)12-13-5-3-8-16(19)10-13/h3-8,10-11,19H,2,9,12,17H2,1H3. The van der Waals surface area contributed by atoms with Crippen LogP contribution >= 0.6 is 0 Å². The summed E-state index contributed by atoms with van der Waals surface area (Å²) in [6, 6.07) is 15.3. The van der Waals surface area contributed by atoms with Crippen molar-refractivity contribution in [1.82, 2.24) is 0 Å². The van der Waals surface area contributed by atoms with Gasteiger partial charge in [-0.05, 0) is 42.3 Å². The van der Waals surface area contributed by atoms with Crippen LogP contribution in [-0.2, 0) is 6.54 Å². The average Bonchev–Trinajstić information content (AvgIpc) is 2.38. The lowest BCUT2D eigenvalue weighted by Crippen LogP contribution is -2.23. The zero-order valence-electron chi connectivity index (χ0n) is 11.2. The molecule has 0 aliphatic rings. The van der Waals surface area contributed by atoms with Crippen LogP contribution < -0.4 is 10.6 Å². The minimum atomic E-state index is 0.307. The molecular formula is C16H20N2O. The number of aromatic hydroxyl groups is 1. The van der Waals surface area contributed by atoms with E-state index >= 15 is 0 Å². The second kappa shape index (κ2) is 6.14. The molecule has 0 spiro atoms. The number of hydrogen-bond donors (Lipinski definition) is 2. The van der Waals surface area contributed by atoms with Crippen molar-refractivity contribution in [3.8, 4) is 5.75 Å². The molecule has 0 aliphatic heterocycles. The minimum Gasteiger partial charge on any atom is -0.508 e. The Morgan fingerprint density at radius 3 is 2.58 bits per heavy atom. The molecule has 2 aromatic rings. The third kappa shape index (κ3) is 3.65. The zero-order chi connectivity index (χ0) is 13.7. The van der Waals surface area contributed by atoms with Gasteiger partial charge in [0.05, 0.1) is 0 Å². The number of phenolic OH excluding ortho intramolecular Hbond substituents is 1. The second-order valence-electron chi connectivity index (χ2n) is 4.69. The lowest BCUT2D eigenvalue weighted by Gasteiger charge is -2.25. The number of phenols is 1. The normalized spacial score (nSPS) is 10.4. The maximum Gasteiger partial charge on any atom is 0.115 e. The van der Waals surface area contributed by atoms with Gasteiger partial charge in [0, 0.05) is 24.5 Å². The van der Waals surface area contributed by atoms with Crippen molar-refractivity contribution >= 4 is 11.4 Å². The molecule has 2 aromatic carbocycles. The van der Waals surface area contributed by atoms with Crippen molar-refractivity contribution in [3.63, 3.8) is 0 Å². The zero-order valence-corrected chi connectivity index (χ0v) is 11.2. The van der Waals surface area contributed by atoms with Gasteiger partial charge in [0.2, 0.25) is 0 Å². The molecule has 0 saturated heterocycles. The van der Waals surface area contributed by atoms with Crippen molar-refractivity contribution in [2.24, 2.45) is 0 Å². The number of anilines is 2. The maximum atomic E-state index is 9.53. The summed E-state index contributed by atoms with van der Waals surface area (Å²) in [5.41, 5.74) is 8.83. The average molecular weight is 256 g/mol. The van der Waals surface area contributed by atoms with Gasteiger partial charge >= 0.3 is 0 Å². The second-order valence-corrected chi connectivity index (χ2v) is 4.69. The summed E-state index contributed by atoms with van der Waals surface area (Å²) in [5, 5.41) is 9.53. The third-order valence-electron chi connectivity index (χ3n) is 3.01. The first-order valence-electron chi connectivity index (χ1n) is 6.57. The fraction of sp³-hybridized carbons (Fsp3) is 0.250. The largest absolute Gasteiger partial charge is 0.508 e. The molecule has 0 saturated carbocycles. The summed E-state index contributed by atoms with van der Waals surface area (Å²) < 4.78 is 0. The third-order valence-corrected chi connectivity index (χ3v) is 3.01. The molecule has 0 atom stereocenters. The van der Waals surface area contributed by atoms with E-state index in [1.54, 1.807) is 12.1 Å². The van der Waals surface area contributed by atoms with Crippen LogP contribution in [0, 0.1) is 0 Å². The molecule has 0 aliphatic carbocycles. The van der Waals surface area contributed by atoms with Crippen LogP contribution in [0.3, 0.4) is 0 Å². The van der Waals surface area contributed by atoms with E-state index in [-0.39, 0.29) is 0 Å². The molecule has 0 fully saturated rings. The van der Waals surface area contributed by atoms with E-state index in [9.17, 15) is 5.11 Å². The molecule has 0 unspecified atom stereocenters. The number of benzene rings is 2. The molecule has 3 N–H and O–H groups in total. The SMILES string of the molecule is CCCN(Cc1cccc(O)c1)c1cccc(N)c1. The number of rotatable bonds is 5. The molecule has 2 rings (SSSR count). The highest BCUT2D eigenvalue weighted by Crippen LogP contribution is 2.21. The van der Waals surface area contributed by atoms with Crippen LogP contribution in [0.1, 0.15) is 18.9 Å². The quantitative estimate of drug-likeness (QED) is 0.806. The number of nitrogens with zero attached hydrogens (tertiary/aromatic N) is 1. The summed E-state index contributed by atoms with van der Waals surface area (Å²) in [6.45, 7) is 3.88. The lowest BCUT2D eigenvalue weighted by atomic mass is 10.1. The van der Waals surface area contributed by atoms with Gasteiger partial charge < -0.3 is 15.7 Å². The van der Waals surface area contributed by atoms with Gasteiger partial charge in [-0.3, -0.25) is 0 Å². The highest BCUT2D eigenvalue weighted by Gasteiger charge is 2.07. The summed E-state index contributed by atoms with van der Waals surface area (Å²) in [4.78, 5) is 2.27. The summed E-state index contributed by atoms with van der Waals surface area (Å²) in [6.07, 6.45) is 1.06. The van der Waals surface area contributed by atoms with Gasteiger partial charge in [-0.25, -0.2) is 0 Å². The Bertz CT molecular complexity index is 540. The number of hydrogen-bond acceptors (Lipinski definition) is 3. The van der Waals surface area contributed by atoms with E-state index in [0.717, 1.165) is 36.4 Å². The van der Waals surface area contributed by atoms with E-state index < -0.39 is 0 Å². The van der Waals surface area contributed by atoms with Crippen molar-refractivity contribution < 1.29 is 5.11 Å². The van der Waals surface area contributed by atoms with Crippen LogP contribution in [-0.4, -0.2) is 11.7 Å². The van der Waals surface area contributed by atoms with Gasteiger partial charge in [0.1, 0.15) is 5.75 Å². The topological polar surface area (TPSA) is 49.5 Å². The Balaban J connectivity index is 2.21. The first-order valence-corrected chi connectivity index (χ1v) is 6.57. The van der Waals surface area contributed by atoms with Crippen LogP contribution in [0.4, 0.5) is 11.4 Å². The van der Waals surface area contributed by atoms with Crippen LogP contribution in [0.2, 0.25) is 0 Å². The van der Waals surface area contributed by atoms with Crippen LogP contribution in [0.15, 0.2) is 48.5 Å². The van der Waals surface area contributed by atoms with E-state index in [2.05, 4.69) is 17.9 Å². The van der Waals surface area contributed by atoms with E-state index in [1.807, 2.05) is 30.3 Å².